The number of ether oxygens (including phenoxy) is 1. The molecule has 114 valence electrons. The van der Waals surface area contributed by atoms with Crippen molar-refractivity contribution in [2.75, 3.05) is 43.5 Å². The molecular weight excluding hydrogens is 268 g/mol. The van der Waals surface area contributed by atoms with E-state index in [1.165, 1.54) is 12.8 Å². The van der Waals surface area contributed by atoms with Crippen molar-refractivity contribution in [2.24, 2.45) is 0 Å². The van der Waals surface area contributed by atoms with Crippen LogP contribution >= 0.6 is 0 Å². The molecule has 1 atom stereocenters. The van der Waals surface area contributed by atoms with Crippen LogP contribution in [-0.2, 0) is 4.74 Å². The van der Waals surface area contributed by atoms with Crippen molar-refractivity contribution in [1.29, 1.82) is 0 Å². The molecule has 0 spiro atoms. The summed E-state index contributed by atoms with van der Waals surface area (Å²) >= 11 is 0. The maximum Gasteiger partial charge on any atom is 0.322 e. The lowest BCUT2D eigenvalue weighted by Gasteiger charge is -2.22. The summed E-state index contributed by atoms with van der Waals surface area (Å²) < 4.78 is 5.30. The van der Waals surface area contributed by atoms with Gasteiger partial charge in [-0.25, -0.2) is 9.78 Å². The van der Waals surface area contributed by atoms with Crippen molar-refractivity contribution in [3.05, 3.63) is 18.3 Å². The quantitative estimate of drug-likeness (QED) is 0.924. The number of methoxy groups -OCH3 is 1. The van der Waals surface area contributed by atoms with Crippen molar-refractivity contribution in [1.82, 2.24) is 9.88 Å². The molecule has 0 bridgehead atoms. The number of pyridine rings is 1. The number of carbonyl (C=O) groups is 1. The maximum atomic E-state index is 12.4. The Hall–Kier alpha value is -1.82. The van der Waals surface area contributed by atoms with Crippen LogP contribution in [-0.4, -0.2) is 55.3 Å². The van der Waals surface area contributed by atoms with Crippen molar-refractivity contribution in [3.63, 3.8) is 0 Å². The first-order valence-electron chi connectivity index (χ1n) is 7.56. The Labute approximate surface area is 125 Å². The molecule has 0 unspecified atom stereocenters. The van der Waals surface area contributed by atoms with Gasteiger partial charge in [-0.1, -0.05) is 0 Å². The lowest BCUT2D eigenvalue weighted by atomic mass is 10.3. The molecule has 1 aromatic heterocycles. The number of urea groups is 1. The maximum absolute atomic E-state index is 12.4. The molecule has 3 rings (SSSR count). The lowest BCUT2D eigenvalue weighted by molar-refractivity contribution is 0.111. The molecular formula is C15H22N4O2. The number of carbonyl (C=O) groups excluding carboxylic acids is 1. The van der Waals surface area contributed by atoms with Gasteiger partial charge in [0.1, 0.15) is 0 Å². The van der Waals surface area contributed by atoms with Gasteiger partial charge >= 0.3 is 6.03 Å². The van der Waals surface area contributed by atoms with Crippen molar-refractivity contribution in [2.45, 2.75) is 25.4 Å². The smallest absolute Gasteiger partial charge is 0.322 e. The minimum absolute atomic E-state index is 0.0667. The number of amides is 2. The number of hydrogen-bond donors (Lipinski definition) is 1. The molecule has 1 aromatic rings. The van der Waals surface area contributed by atoms with E-state index in [4.69, 9.17) is 4.74 Å². The summed E-state index contributed by atoms with van der Waals surface area (Å²) in [6.07, 6.45) is 5.20. The minimum atomic E-state index is -0.0667. The second-order valence-electron chi connectivity index (χ2n) is 5.59. The molecule has 6 nitrogen and oxygen atoms in total. The molecule has 1 N–H and O–H groups in total. The van der Waals surface area contributed by atoms with Gasteiger partial charge in [0.05, 0.1) is 11.8 Å². The van der Waals surface area contributed by atoms with Crippen molar-refractivity contribution >= 4 is 17.5 Å². The van der Waals surface area contributed by atoms with Gasteiger partial charge in [0.25, 0.3) is 0 Å². The van der Waals surface area contributed by atoms with Crippen molar-refractivity contribution < 1.29 is 9.53 Å². The van der Waals surface area contributed by atoms with Crippen LogP contribution in [0.1, 0.15) is 19.3 Å². The molecule has 0 aromatic carbocycles. The van der Waals surface area contributed by atoms with Gasteiger partial charge in [0.2, 0.25) is 0 Å². The van der Waals surface area contributed by atoms with E-state index in [0.717, 1.165) is 37.6 Å². The first kappa shape index (κ1) is 14.1. The fraction of sp³-hybridized carbons (Fsp3) is 0.600. The molecule has 0 saturated carbocycles. The molecule has 2 saturated heterocycles. The minimum Gasteiger partial charge on any atom is -0.380 e. The Bertz CT molecular complexity index is 502. The van der Waals surface area contributed by atoms with Crippen molar-refractivity contribution in [3.8, 4) is 0 Å². The average Bonchev–Trinajstić information content (AvgIpc) is 3.19. The van der Waals surface area contributed by atoms with E-state index < -0.39 is 0 Å². The van der Waals surface area contributed by atoms with Crippen LogP contribution in [0.3, 0.4) is 0 Å². The van der Waals surface area contributed by atoms with Gasteiger partial charge in [0.15, 0.2) is 5.82 Å². The number of nitrogens with zero attached hydrogens (tertiary/aromatic N) is 3. The van der Waals surface area contributed by atoms with Crippen LogP contribution < -0.4 is 10.2 Å². The van der Waals surface area contributed by atoms with Gasteiger partial charge < -0.3 is 19.9 Å². The summed E-state index contributed by atoms with van der Waals surface area (Å²) in [4.78, 5) is 20.8. The highest BCUT2D eigenvalue weighted by Crippen LogP contribution is 2.26. The summed E-state index contributed by atoms with van der Waals surface area (Å²) in [5, 5.41) is 3.00. The number of rotatable bonds is 3. The first-order valence-corrected chi connectivity index (χ1v) is 7.56. The highest BCUT2D eigenvalue weighted by Gasteiger charge is 2.27. The summed E-state index contributed by atoms with van der Waals surface area (Å²) in [5.41, 5.74) is 0.797. The second kappa shape index (κ2) is 6.30. The third-order valence-electron chi connectivity index (χ3n) is 4.20. The summed E-state index contributed by atoms with van der Waals surface area (Å²) in [6.45, 7) is 3.41. The molecule has 2 fully saturated rings. The van der Waals surface area contributed by atoms with E-state index >= 15 is 0 Å². The molecule has 2 amide bonds. The zero-order valence-corrected chi connectivity index (χ0v) is 12.4. The van der Waals surface area contributed by atoms with Crippen LogP contribution in [0.5, 0.6) is 0 Å². The highest BCUT2D eigenvalue weighted by atomic mass is 16.5. The highest BCUT2D eigenvalue weighted by molar-refractivity contribution is 5.92. The zero-order chi connectivity index (χ0) is 14.7. The number of hydrogen-bond acceptors (Lipinski definition) is 4. The standard InChI is InChI=1S/C15H22N4O2/c1-21-12-6-10-19(11-12)15(20)17-13-5-4-7-16-14(13)18-8-2-3-9-18/h4-5,7,12H,2-3,6,8-11H2,1H3,(H,17,20)/t12-/m0/s1. The van der Waals surface area contributed by atoms with Crippen LogP contribution in [0, 0.1) is 0 Å². The van der Waals surface area contributed by atoms with Gasteiger partial charge in [-0.2, -0.15) is 0 Å². The van der Waals surface area contributed by atoms with Crippen LogP contribution in [0.4, 0.5) is 16.3 Å². The van der Waals surface area contributed by atoms with E-state index in [1.54, 1.807) is 18.2 Å². The first-order chi connectivity index (χ1) is 10.3. The summed E-state index contributed by atoms with van der Waals surface area (Å²) in [7, 11) is 1.69. The number of likely N-dealkylation sites (tertiary alicyclic amines) is 1. The Morgan fingerprint density at radius 1 is 1.38 bits per heavy atom. The third kappa shape index (κ3) is 3.10. The third-order valence-corrected chi connectivity index (χ3v) is 4.20. The van der Waals surface area contributed by atoms with E-state index in [-0.39, 0.29) is 12.1 Å². The lowest BCUT2D eigenvalue weighted by Crippen LogP contribution is -2.34. The number of anilines is 2. The van der Waals surface area contributed by atoms with Crippen LogP contribution in [0.15, 0.2) is 18.3 Å². The molecule has 2 aliphatic rings. The van der Waals surface area contributed by atoms with Gasteiger partial charge in [-0.05, 0) is 31.4 Å². The van der Waals surface area contributed by atoms with E-state index in [0.29, 0.717) is 6.54 Å². The van der Waals surface area contributed by atoms with Gasteiger partial charge in [-0.3, -0.25) is 0 Å². The van der Waals surface area contributed by atoms with E-state index in [2.05, 4.69) is 15.2 Å². The number of aromatic nitrogens is 1. The molecule has 0 aliphatic carbocycles. The largest absolute Gasteiger partial charge is 0.380 e. The molecule has 21 heavy (non-hydrogen) atoms. The normalized spacial score (nSPS) is 21.9. The monoisotopic (exact) mass is 290 g/mol. The molecule has 2 aliphatic heterocycles. The Morgan fingerprint density at radius 3 is 2.90 bits per heavy atom. The van der Waals surface area contributed by atoms with E-state index in [1.807, 2.05) is 12.1 Å². The average molecular weight is 290 g/mol. The second-order valence-corrected chi connectivity index (χ2v) is 5.59. The Morgan fingerprint density at radius 2 is 2.19 bits per heavy atom. The Kier molecular flexibility index (Phi) is 4.24. The molecule has 6 heteroatoms. The zero-order valence-electron chi connectivity index (χ0n) is 12.4. The van der Waals surface area contributed by atoms with Crippen LogP contribution in [0.2, 0.25) is 0 Å². The summed E-state index contributed by atoms with van der Waals surface area (Å²) in [6, 6.07) is 3.71. The van der Waals surface area contributed by atoms with Gasteiger partial charge in [0, 0.05) is 39.5 Å². The van der Waals surface area contributed by atoms with Crippen LogP contribution in [0.25, 0.3) is 0 Å². The Balaban J connectivity index is 1.68. The molecule has 3 heterocycles. The fourth-order valence-corrected chi connectivity index (χ4v) is 2.97. The SMILES string of the molecule is CO[C@H]1CCN(C(=O)Nc2cccnc2N2CCCC2)C1. The van der Waals surface area contributed by atoms with Gasteiger partial charge in [-0.15, -0.1) is 0 Å². The number of nitrogens with one attached hydrogen (secondary N) is 1. The molecule has 0 radical (unpaired) electrons. The predicted molar refractivity (Wildman–Crippen MR) is 81.7 cm³/mol. The summed E-state index contributed by atoms with van der Waals surface area (Å²) in [5.74, 6) is 0.880. The predicted octanol–water partition coefficient (Wildman–Crippen LogP) is 1.93. The fourth-order valence-electron chi connectivity index (χ4n) is 2.97. The topological polar surface area (TPSA) is 57.7 Å². The van der Waals surface area contributed by atoms with E-state index in [9.17, 15) is 4.79 Å².